The molecule has 0 aliphatic carbocycles. The third-order valence-corrected chi connectivity index (χ3v) is 3.33. The first-order chi connectivity index (χ1) is 9.74. The molecule has 0 aliphatic heterocycles. The number of alkyl halides is 9. The van der Waals surface area contributed by atoms with Gasteiger partial charge in [0, 0.05) is 6.42 Å². The van der Waals surface area contributed by atoms with Gasteiger partial charge >= 0.3 is 22.6 Å². The average molecular weight is 397 g/mol. The van der Waals surface area contributed by atoms with Gasteiger partial charge in [-0.25, -0.2) is 0 Å². The monoisotopic (exact) mass is 396 g/mol. The minimum absolute atomic E-state index is 0.00638. The van der Waals surface area contributed by atoms with Crippen molar-refractivity contribution in [3.63, 3.8) is 0 Å². The summed E-state index contributed by atoms with van der Waals surface area (Å²) in [7, 11) is 0. The summed E-state index contributed by atoms with van der Waals surface area (Å²) < 4.78 is 105. The van der Waals surface area contributed by atoms with E-state index in [9.17, 15) is 35.1 Å². The fourth-order valence-corrected chi connectivity index (χ4v) is 1.81. The lowest BCUT2D eigenvalue weighted by Gasteiger charge is -2.35. The first-order valence-electron chi connectivity index (χ1n) is 5.67. The van der Waals surface area contributed by atoms with Crippen molar-refractivity contribution >= 4 is 21.5 Å². The normalized spacial score (nSPS) is 14.0. The van der Waals surface area contributed by atoms with Gasteiger partial charge in [-0.2, -0.15) is 35.1 Å². The Morgan fingerprint density at radius 1 is 0.864 bits per heavy atom. The van der Waals surface area contributed by atoms with Crippen LogP contribution in [0.4, 0.5) is 35.1 Å². The Balaban J connectivity index is 3.10. The molecule has 9 heteroatoms. The maximum atomic E-state index is 13.5. The summed E-state index contributed by atoms with van der Waals surface area (Å²) >= 11 is 1.02. The molecule has 0 spiro atoms. The number of halogens is 9. The Kier molecular flexibility index (Phi) is 5.01. The minimum Gasteiger partial charge on any atom is -0.199 e. The first-order valence-corrected chi connectivity index (χ1v) is 6.47. The van der Waals surface area contributed by atoms with Gasteiger partial charge in [-0.3, -0.25) is 0 Å². The molecule has 1 aromatic rings. The molecular weight excluding hydrogens is 388 g/mol. The predicted molar refractivity (Wildman–Crippen MR) is 68.8 cm³/mol. The fraction of sp³-hybridized carbons (Fsp3) is 0.385. The highest BCUT2D eigenvalue weighted by Crippen LogP contribution is 2.56. The van der Waals surface area contributed by atoms with Crippen molar-refractivity contribution in [2.24, 2.45) is 0 Å². The van der Waals surface area contributed by atoms with Gasteiger partial charge in [0.15, 0.2) is 0 Å². The van der Waals surface area contributed by atoms with Crippen LogP contribution in [0.1, 0.15) is 12.0 Å². The number of hydrogen-bond donors (Lipinski definition) is 0. The molecule has 0 heterocycles. The van der Waals surface area contributed by atoms with E-state index in [4.69, 9.17) is 0 Å². The molecule has 0 atom stereocenters. The van der Waals surface area contributed by atoms with Crippen molar-refractivity contribution in [2.45, 2.75) is 29.0 Å². The molecule has 0 bridgehead atoms. The second-order valence-corrected chi connectivity index (χ2v) is 5.49. The fourth-order valence-electron chi connectivity index (χ4n) is 1.56. The van der Waals surface area contributed by atoms with Crippen LogP contribution in [0.3, 0.4) is 0 Å². The highest BCUT2D eigenvalue weighted by atomic mass is 79.9. The molecule has 0 saturated heterocycles. The van der Waals surface area contributed by atoms with Crippen LogP contribution in [0.15, 0.2) is 36.9 Å². The lowest BCUT2D eigenvalue weighted by Crippen LogP contribution is -2.60. The van der Waals surface area contributed by atoms with Crippen molar-refractivity contribution in [3.05, 3.63) is 42.5 Å². The van der Waals surface area contributed by atoms with Crippen LogP contribution in [0.2, 0.25) is 0 Å². The Hall–Kier alpha value is -1.12. The Morgan fingerprint density at radius 2 is 1.32 bits per heavy atom. The van der Waals surface area contributed by atoms with Crippen LogP contribution in [-0.2, 0) is 0 Å². The van der Waals surface area contributed by atoms with Gasteiger partial charge in [-0.1, -0.05) is 36.9 Å². The highest BCUT2D eigenvalue weighted by Gasteiger charge is 2.79. The van der Waals surface area contributed by atoms with Gasteiger partial charge < -0.3 is 0 Å². The van der Waals surface area contributed by atoms with Crippen LogP contribution in [0.5, 0.6) is 0 Å². The second-order valence-electron chi connectivity index (χ2n) is 4.50. The maximum Gasteiger partial charge on any atom is 0.388 e. The first kappa shape index (κ1) is 18.9. The van der Waals surface area contributed by atoms with Gasteiger partial charge in [0.05, 0.1) is 0 Å². The number of rotatable bonds is 6. The number of hydrogen-bond acceptors (Lipinski definition) is 0. The van der Waals surface area contributed by atoms with Crippen LogP contribution in [0, 0.1) is 0 Å². The van der Waals surface area contributed by atoms with Crippen molar-refractivity contribution in [1.82, 2.24) is 0 Å². The third-order valence-electron chi connectivity index (χ3n) is 2.83. The topological polar surface area (TPSA) is 0 Å². The molecule has 22 heavy (non-hydrogen) atoms. The van der Waals surface area contributed by atoms with Gasteiger partial charge in [-0.05, 0) is 27.1 Å². The maximum absolute atomic E-state index is 13.5. The van der Waals surface area contributed by atoms with E-state index in [0.29, 0.717) is 0 Å². The second kappa shape index (κ2) is 5.82. The van der Waals surface area contributed by atoms with E-state index in [-0.39, 0.29) is 5.56 Å². The van der Waals surface area contributed by atoms with E-state index >= 15 is 0 Å². The highest BCUT2D eigenvalue weighted by molar-refractivity contribution is 9.10. The Labute approximate surface area is 128 Å². The predicted octanol–water partition coefficient (Wildman–Crippen LogP) is 5.98. The van der Waals surface area contributed by atoms with E-state index < -0.39 is 34.6 Å². The van der Waals surface area contributed by atoms with Gasteiger partial charge in [0.25, 0.3) is 0 Å². The summed E-state index contributed by atoms with van der Waals surface area (Å²) in [6.45, 7) is 3.11. The smallest absolute Gasteiger partial charge is 0.199 e. The molecule has 0 N–H and O–H groups in total. The zero-order valence-corrected chi connectivity index (χ0v) is 12.3. The SMILES string of the molecule is C=C(CC(F)(F)C(F)(F)C(F)(F)C(F)(F)Br)c1ccccc1. The van der Waals surface area contributed by atoms with Crippen LogP contribution >= 0.6 is 15.9 Å². The van der Waals surface area contributed by atoms with Gasteiger partial charge in [0.2, 0.25) is 0 Å². The molecule has 0 radical (unpaired) electrons. The quantitative estimate of drug-likeness (QED) is 0.409. The van der Waals surface area contributed by atoms with Crippen LogP contribution in [0.25, 0.3) is 5.57 Å². The lowest BCUT2D eigenvalue weighted by molar-refractivity contribution is -0.343. The zero-order valence-electron chi connectivity index (χ0n) is 10.7. The molecular formula is C13H9BrF8. The average Bonchev–Trinajstić information content (AvgIpc) is 2.37. The minimum atomic E-state index is -6.29. The zero-order chi connectivity index (χ0) is 17.4. The van der Waals surface area contributed by atoms with Crippen molar-refractivity contribution in [3.8, 4) is 0 Å². The summed E-state index contributed by atoms with van der Waals surface area (Å²) in [6, 6.07) is 6.76. The van der Waals surface area contributed by atoms with E-state index in [1.54, 1.807) is 0 Å². The molecule has 1 rings (SSSR count). The Bertz CT molecular complexity index is 533. The van der Waals surface area contributed by atoms with E-state index in [0.717, 1.165) is 15.9 Å². The van der Waals surface area contributed by atoms with Crippen molar-refractivity contribution in [2.75, 3.05) is 0 Å². The van der Waals surface area contributed by atoms with Crippen LogP contribution in [-0.4, -0.2) is 22.6 Å². The third kappa shape index (κ3) is 3.28. The molecule has 0 nitrogen and oxygen atoms in total. The van der Waals surface area contributed by atoms with Crippen molar-refractivity contribution < 1.29 is 35.1 Å². The largest absolute Gasteiger partial charge is 0.388 e. The number of allylic oxidation sites excluding steroid dienone is 1. The Morgan fingerprint density at radius 3 is 1.73 bits per heavy atom. The summed E-state index contributed by atoms with van der Waals surface area (Å²) in [6.07, 6.45) is -1.90. The van der Waals surface area contributed by atoms with Gasteiger partial charge in [-0.15, -0.1) is 0 Å². The number of benzene rings is 1. The molecule has 0 fully saturated rings. The summed E-state index contributed by atoms with van der Waals surface area (Å²) in [4.78, 5) is -5.50. The molecule has 0 unspecified atom stereocenters. The van der Waals surface area contributed by atoms with E-state index in [1.807, 2.05) is 0 Å². The summed E-state index contributed by atoms with van der Waals surface area (Å²) in [5.74, 6) is -18.0. The van der Waals surface area contributed by atoms with Gasteiger partial charge in [0.1, 0.15) is 0 Å². The molecule has 1 aromatic carbocycles. The van der Waals surface area contributed by atoms with Crippen molar-refractivity contribution in [1.29, 1.82) is 0 Å². The van der Waals surface area contributed by atoms with Crippen LogP contribution < -0.4 is 0 Å². The molecule has 124 valence electrons. The summed E-state index contributed by atoms with van der Waals surface area (Å²) in [5, 5.41) is 0. The lowest BCUT2D eigenvalue weighted by atomic mass is 9.94. The molecule has 0 saturated carbocycles. The molecule has 0 amide bonds. The standard InChI is InChI=1S/C13H9BrF8/c1-8(9-5-3-2-4-6-9)7-10(15,16)11(17,18)12(19,20)13(14,21)22/h2-6H,1,7H2. The van der Waals surface area contributed by atoms with E-state index in [1.165, 1.54) is 30.3 Å². The molecule has 0 aromatic heterocycles. The summed E-state index contributed by atoms with van der Waals surface area (Å²) in [5.41, 5.74) is -0.578. The van der Waals surface area contributed by atoms with E-state index in [2.05, 4.69) is 6.58 Å². The molecule has 0 aliphatic rings.